The number of hydrogen-bond donors (Lipinski definition) is 0. The van der Waals surface area contributed by atoms with Crippen molar-refractivity contribution in [3.05, 3.63) is 35.9 Å². The Morgan fingerprint density at radius 1 is 1.12 bits per heavy atom. The number of piperidine rings is 1. The third-order valence-corrected chi connectivity index (χ3v) is 5.33. The maximum Gasteiger partial charge on any atom is 0.249 e. The molecule has 26 heavy (non-hydrogen) atoms. The van der Waals surface area contributed by atoms with E-state index in [2.05, 4.69) is 0 Å². The standard InChI is InChI=1S/C19H24N2O5/c22-17-14-24-13-16(21(17)12-15-4-2-1-3-5-15)18(23)20-8-6-19(7-9-20)25-10-11-26-19/h1-5,16H,6-14H2/t16-/m0/s1. The summed E-state index contributed by atoms with van der Waals surface area (Å²) in [4.78, 5) is 28.9. The fraction of sp³-hybridized carbons (Fsp3) is 0.579. The van der Waals surface area contributed by atoms with E-state index in [1.54, 1.807) is 9.80 Å². The zero-order valence-electron chi connectivity index (χ0n) is 14.8. The Kier molecular flexibility index (Phi) is 4.93. The van der Waals surface area contributed by atoms with Crippen LogP contribution < -0.4 is 0 Å². The highest BCUT2D eigenvalue weighted by molar-refractivity contribution is 5.89. The van der Waals surface area contributed by atoms with Gasteiger partial charge in [0, 0.05) is 32.5 Å². The molecule has 1 spiro atoms. The predicted molar refractivity (Wildman–Crippen MR) is 92.0 cm³/mol. The number of nitrogens with zero attached hydrogens (tertiary/aromatic N) is 2. The average molecular weight is 360 g/mol. The fourth-order valence-electron chi connectivity index (χ4n) is 3.85. The van der Waals surface area contributed by atoms with Crippen molar-refractivity contribution in [2.75, 3.05) is 39.5 Å². The van der Waals surface area contributed by atoms with Gasteiger partial charge >= 0.3 is 0 Å². The van der Waals surface area contributed by atoms with Gasteiger partial charge in [0.2, 0.25) is 11.8 Å². The van der Waals surface area contributed by atoms with Crippen molar-refractivity contribution in [2.45, 2.75) is 31.2 Å². The van der Waals surface area contributed by atoms with Crippen LogP contribution >= 0.6 is 0 Å². The number of hydrogen-bond acceptors (Lipinski definition) is 5. The molecule has 3 aliphatic rings. The van der Waals surface area contributed by atoms with Crippen molar-refractivity contribution in [3.63, 3.8) is 0 Å². The first-order valence-electron chi connectivity index (χ1n) is 9.15. The van der Waals surface area contributed by atoms with E-state index in [1.807, 2.05) is 30.3 Å². The molecule has 0 aliphatic carbocycles. The molecule has 0 unspecified atom stereocenters. The molecular formula is C19H24N2O5. The van der Waals surface area contributed by atoms with Crippen LogP contribution in [0.5, 0.6) is 0 Å². The summed E-state index contributed by atoms with van der Waals surface area (Å²) in [7, 11) is 0. The summed E-state index contributed by atoms with van der Waals surface area (Å²) >= 11 is 0. The largest absolute Gasteiger partial charge is 0.369 e. The first kappa shape index (κ1) is 17.5. The lowest BCUT2D eigenvalue weighted by atomic mass is 10.0. The fourth-order valence-corrected chi connectivity index (χ4v) is 3.85. The van der Waals surface area contributed by atoms with Gasteiger partial charge < -0.3 is 24.0 Å². The topological polar surface area (TPSA) is 68.3 Å². The van der Waals surface area contributed by atoms with E-state index in [4.69, 9.17) is 14.2 Å². The molecule has 140 valence electrons. The van der Waals surface area contributed by atoms with Gasteiger partial charge in [-0.3, -0.25) is 9.59 Å². The Hall–Kier alpha value is -1.96. The quantitative estimate of drug-likeness (QED) is 0.797. The van der Waals surface area contributed by atoms with Gasteiger partial charge in [0.1, 0.15) is 12.6 Å². The van der Waals surface area contributed by atoms with Gasteiger partial charge in [0.15, 0.2) is 5.79 Å². The van der Waals surface area contributed by atoms with Gasteiger partial charge in [-0.2, -0.15) is 0 Å². The zero-order chi connectivity index (χ0) is 18.0. The number of amides is 2. The highest BCUT2D eigenvalue weighted by atomic mass is 16.7. The lowest BCUT2D eigenvalue weighted by Crippen LogP contribution is -2.58. The van der Waals surface area contributed by atoms with Crippen LogP contribution in [0, 0.1) is 0 Å². The number of benzene rings is 1. The summed E-state index contributed by atoms with van der Waals surface area (Å²) in [6.07, 6.45) is 1.33. The maximum absolute atomic E-state index is 13.1. The molecule has 4 rings (SSSR count). The Bertz CT molecular complexity index is 649. The van der Waals surface area contributed by atoms with Crippen molar-refractivity contribution in [2.24, 2.45) is 0 Å². The highest BCUT2D eigenvalue weighted by Crippen LogP contribution is 2.31. The van der Waals surface area contributed by atoms with Crippen molar-refractivity contribution in [1.82, 2.24) is 9.80 Å². The Labute approximate surface area is 152 Å². The van der Waals surface area contributed by atoms with E-state index in [0.29, 0.717) is 45.7 Å². The van der Waals surface area contributed by atoms with Gasteiger partial charge in [0.25, 0.3) is 0 Å². The molecule has 0 saturated carbocycles. The van der Waals surface area contributed by atoms with E-state index < -0.39 is 11.8 Å². The Morgan fingerprint density at radius 3 is 2.50 bits per heavy atom. The molecule has 1 atom stereocenters. The number of morpholine rings is 1. The van der Waals surface area contributed by atoms with E-state index in [0.717, 1.165) is 5.56 Å². The smallest absolute Gasteiger partial charge is 0.249 e. The SMILES string of the molecule is O=C([C@@H]1COCC(=O)N1Cc1ccccc1)N1CCC2(CC1)OCCO2. The van der Waals surface area contributed by atoms with E-state index in [1.165, 1.54) is 0 Å². The van der Waals surface area contributed by atoms with Crippen LogP contribution in [-0.2, 0) is 30.3 Å². The second-order valence-corrected chi connectivity index (χ2v) is 6.97. The normalized spacial score (nSPS) is 25.7. The summed E-state index contributed by atoms with van der Waals surface area (Å²) < 4.78 is 16.8. The van der Waals surface area contributed by atoms with Gasteiger partial charge in [0.05, 0.1) is 19.8 Å². The molecule has 0 aromatic heterocycles. The van der Waals surface area contributed by atoms with Crippen molar-refractivity contribution in [3.8, 4) is 0 Å². The van der Waals surface area contributed by atoms with E-state index in [-0.39, 0.29) is 25.0 Å². The number of carbonyl (C=O) groups excluding carboxylic acids is 2. The summed E-state index contributed by atoms with van der Waals surface area (Å²) in [5.74, 6) is -0.712. The minimum atomic E-state index is -0.573. The van der Waals surface area contributed by atoms with E-state index >= 15 is 0 Å². The van der Waals surface area contributed by atoms with Gasteiger partial charge in [-0.1, -0.05) is 30.3 Å². The number of ether oxygens (including phenoxy) is 3. The molecule has 3 aliphatic heterocycles. The molecule has 0 N–H and O–H groups in total. The molecular weight excluding hydrogens is 336 g/mol. The number of rotatable bonds is 3. The third kappa shape index (κ3) is 3.47. The van der Waals surface area contributed by atoms with Gasteiger partial charge in [-0.15, -0.1) is 0 Å². The highest BCUT2D eigenvalue weighted by Gasteiger charge is 2.43. The molecule has 3 heterocycles. The van der Waals surface area contributed by atoms with Crippen LogP contribution in [0.4, 0.5) is 0 Å². The Morgan fingerprint density at radius 2 is 1.81 bits per heavy atom. The van der Waals surface area contributed by atoms with Crippen molar-refractivity contribution < 1.29 is 23.8 Å². The zero-order valence-corrected chi connectivity index (χ0v) is 14.8. The third-order valence-electron chi connectivity index (χ3n) is 5.33. The van der Waals surface area contributed by atoms with E-state index in [9.17, 15) is 9.59 Å². The molecule has 7 nitrogen and oxygen atoms in total. The number of carbonyl (C=O) groups is 2. The van der Waals surface area contributed by atoms with Crippen LogP contribution in [0.25, 0.3) is 0 Å². The van der Waals surface area contributed by atoms with Crippen molar-refractivity contribution >= 4 is 11.8 Å². The maximum atomic E-state index is 13.1. The van der Waals surface area contributed by atoms with Crippen LogP contribution in [0.15, 0.2) is 30.3 Å². The average Bonchev–Trinajstić information content (AvgIpc) is 3.12. The van der Waals surface area contributed by atoms with Gasteiger partial charge in [-0.05, 0) is 5.56 Å². The van der Waals surface area contributed by atoms with Crippen LogP contribution in [0.1, 0.15) is 18.4 Å². The first-order valence-corrected chi connectivity index (χ1v) is 9.15. The molecule has 0 bridgehead atoms. The molecule has 3 saturated heterocycles. The molecule has 2 amide bonds. The first-order chi connectivity index (χ1) is 12.7. The lowest BCUT2D eigenvalue weighted by Gasteiger charge is -2.41. The second kappa shape index (κ2) is 7.34. The summed E-state index contributed by atoms with van der Waals surface area (Å²) in [6, 6.07) is 9.15. The van der Waals surface area contributed by atoms with Crippen molar-refractivity contribution in [1.29, 1.82) is 0 Å². The second-order valence-electron chi connectivity index (χ2n) is 6.97. The molecule has 0 radical (unpaired) electrons. The molecule has 1 aromatic rings. The number of likely N-dealkylation sites (tertiary alicyclic amines) is 1. The lowest BCUT2D eigenvalue weighted by molar-refractivity contribution is -0.190. The van der Waals surface area contributed by atoms with Crippen LogP contribution in [0.3, 0.4) is 0 Å². The monoisotopic (exact) mass is 360 g/mol. The summed E-state index contributed by atoms with van der Waals surface area (Å²) in [6.45, 7) is 3.07. The minimum absolute atomic E-state index is 0.0292. The van der Waals surface area contributed by atoms with Crippen LogP contribution in [-0.4, -0.2) is 73.0 Å². The Balaban J connectivity index is 1.44. The predicted octanol–water partition coefficient (Wildman–Crippen LogP) is 0.779. The molecule has 3 fully saturated rings. The molecule has 1 aromatic carbocycles. The van der Waals surface area contributed by atoms with Crippen LogP contribution in [0.2, 0.25) is 0 Å². The van der Waals surface area contributed by atoms with Gasteiger partial charge in [-0.25, -0.2) is 0 Å². The molecule has 7 heteroatoms. The summed E-state index contributed by atoms with van der Waals surface area (Å²) in [5, 5.41) is 0. The minimum Gasteiger partial charge on any atom is -0.369 e. The summed E-state index contributed by atoms with van der Waals surface area (Å²) in [5.41, 5.74) is 1.01.